The number of piperidine rings is 1. The minimum atomic E-state index is -0.691. The normalized spacial score (nSPS) is 22.1. The summed E-state index contributed by atoms with van der Waals surface area (Å²) in [6.07, 6.45) is 5.19. The SMILES string of the molecule is C[C@@H]1CC(NC(=O)C(C)(C)COc2ncccc2C2CC2)CCN1C(=O)OC(C)(C)C. The first-order valence-corrected chi connectivity index (χ1v) is 11.3. The fraction of sp³-hybridized carbons (Fsp3) is 0.708. The van der Waals surface area contributed by atoms with Crippen molar-refractivity contribution < 1.29 is 19.1 Å². The van der Waals surface area contributed by atoms with Crippen LogP contribution in [0, 0.1) is 5.41 Å². The number of carbonyl (C=O) groups excluding carboxylic acids is 2. The van der Waals surface area contributed by atoms with E-state index in [4.69, 9.17) is 9.47 Å². The maximum Gasteiger partial charge on any atom is 0.410 e. The van der Waals surface area contributed by atoms with E-state index in [1.54, 1.807) is 11.1 Å². The van der Waals surface area contributed by atoms with E-state index >= 15 is 0 Å². The first kappa shape index (κ1) is 23.4. The Hall–Kier alpha value is -2.31. The zero-order chi connectivity index (χ0) is 22.8. The highest BCUT2D eigenvalue weighted by molar-refractivity contribution is 5.82. The number of amides is 2. The molecule has 7 nitrogen and oxygen atoms in total. The quantitative estimate of drug-likeness (QED) is 0.728. The molecule has 1 saturated carbocycles. The molecule has 2 aliphatic rings. The molecule has 2 amide bonds. The second-order valence-corrected chi connectivity index (χ2v) is 10.6. The zero-order valence-corrected chi connectivity index (χ0v) is 19.7. The largest absolute Gasteiger partial charge is 0.476 e. The second kappa shape index (κ2) is 9.05. The lowest BCUT2D eigenvalue weighted by Gasteiger charge is -2.39. The van der Waals surface area contributed by atoms with Crippen molar-refractivity contribution in [2.24, 2.45) is 5.41 Å². The van der Waals surface area contributed by atoms with Crippen LogP contribution < -0.4 is 10.1 Å². The topological polar surface area (TPSA) is 80.8 Å². The Balaban J connectivity index is 1.51. The molecule has 0 aromatic carbocycles. The maximum atomic E-state index is 13.0. The van der Waals surface area contributed by atoms with Gasteiger partial charge in [0.1, 0.15) is 12.2 Å². The second-order valence-electron chi connectivity index (χ2n) is 10.6. The van der Waals surface area contributed by atoms with Crippen LogP contribution in [0.1, 0.15) is 78.7 Å². The number of nitrogens with one attached hydrogen (secondary N) is 1. The monoisotopic (exact) mass is 431 g/mol. The summed E-state index contributed by atoms with van der Waals surface area (Å²) in [4.78, 5) is 31.5. The molecule has 1 aromatic heterocycles. The number of nitrogens with zero attached hydrogens (tertiary/aromatic N) is 2. The summed E-state index contributed by atoms with van der Waals surface area (Å²) in [5.41, 5.74) is -0.0648. The van der Waals surface area contributed by atoms with E-state index in [1.165, 1.54) is 12.8 Å². The molecule has 1 aliphatic carbocycles. The van der Waals surface area contributed by atoms with Gasteiger partial charge in [0.2, 0.25) is 11.8 Å². The van der Waals surface area contributed by atoms with Gasteiger partial charge in [0.05, 0.1) is 5.41 Å². The number of rotatable bonds is 6. The van der Waals surface area contributed by atoms with E-state index in [0.717, 1.165) is 5.56 Å². The van der Waals surface area contributed by atoms with Gasteiger partial charge >= 0.3 is 6.09 Å². The van der Waals surface area contributed by atoms with Gasteiger partial charge in [-0.1, -0.05) is 6.07 Å². The van der Waals surface area contributed by atoms with Crippen molar-refractivity contribution in [1.82, 2.24) is 15.2 Å². The van der Waals surface area contributed by atoms with Crippen molar-refractivity contribution in [3.63, 3.8) is 0 Å². The van der Waals surface area contributed by atoms with Crippen LogP contribution in [0.4, 0.5) is 4.79 Å². The van der Waals surface area contributed by atoms with Gasteiger partial charge < -0.3 is 19.7 Å². The van der Waals surface area contributed by atoms with E-state index in [9.17, 15) is 9.59 Å². The van der Waals surface area contributed by atoms with Crippen LogP contribution in [0.25, 0.3) is 0 Å². The zero-order valence-electron chi connectivity index (χ0n) is 19.7. The minimum absolute atomic E-state index is 0.00267. The van der Waals surface area contributed by atoms with Gasteiger partial charge in [-0.15, -0.1) is 0 Å². The standard InChI is InChI=1S/C24H37N3O4/c1-16-14-18(11-13-27(16)22(29)31-23(2,3)4)26-21(28)24(5,6)15-30-20-19(17-9-10-17)8-7-12-25-20/h7-8,12,16-18H,9-11,13-15H2,1-6H3,(H,26,28)/t16-,18?/m1/s1. The number of aromatic nitrogens is 1. The highest BCUT2D eigenvalue weighted by Crippen LogP contribution is 2.43. The van der Waals surface area contributed by atoms with Crippen LogP contribution in [0.3, 0.4) is 0 Å². The number of likely N-dealkylation sites (tertiary alicyclic amines) is 1. The average Bonchev–Trinajstić information content (AvgIpc) is 3.50. The highest BCUT2D eigenvalue weighted by atomic mass is 16.6. The van der Waals surface area contributed by atoms with Crippen molar-refractivity contribution in [3.8, 4) is 5.88 Å². The number of hydrogen-bond donors (Lipinski definition) is 1. The fourth-order valence-corrected chi connectivity index (χ4v) is 3.82. The molecule has 0 radical (unpaired) electrons. The average molecular weight is 432 g/mol. The number of hydrogen-bond acceptors (Lipinski definition) is 5. The van der Waals surface area contributed by atoms with Crippen LogP contribution in [0.5, 0.6) is 5.88 Å². The molecule has 2 fully saturated rings. The Labute approximate surface area is 185 Å². The molecule has 31 heavy (non-hydrogen) atoms. The van der Waals surface area contributed by atoms with Crippen molar-refractivity contribution in [1.29, 1.82) is 0 Å². The molecule has 7 heteroatoms. The predicted octanol–water partition coefficient (Wildman–Crippen LogP) is 4.27. The number of ether oxygens (including phenoxy) is 2. The lowest BCUT2D eigenvalue weighted by Crippen LogP contribution is -2.54. The van der Waals surface area contributed by atoms with E-state index in [1.807, 2.05) is 47.6 Å². The van der Waals surface area contributed by atoms with Crippen molar-refractivity contribution >= 4 is 12.0 Å². The Morgan fingerprint density at radius 1 is 1.19 bits per heavy atom. The molecule has 1 N–H and O–H groups in total. The summed E-state index contributed by atoms with van der Waals surface area (Å²) in [5, 5.41) is 3.17. The van der Waals surface area contributed by atoms with Gasteiger partial charge in [0.15, 0.2) is 0 Å². The molecule has 0 spiro atoms. The van der Waals surface area contributed by atoms with Crippen LogP contribution in [0.15, 0.2) is 18.3 Å². The molecule has 1 aromatic rings. The fourth-order valence-electron chi connectivity index (χ4n) is 3.82. The molecule has 0 bridgehead atoms. The molecule has 1 unspecified atom stereocenters. The van der Waals surface area contributed by atoms with Crippen LogP contribution in [-0.4, -0.2) is 52.7 Å². The third-order valence-corrected chi connectivity index (χ3v) is 5.84. The van der Waals surface area contributed by atoms with E-state index < -0.39 is 11.0 Å². The Morgan fingerprint density at radius 3 is 2.52 bits per heavy atom. The van der Waals surface area contributed by atoms with E-state index in [2.05, 4.69) is 16.4 Å². The molecule has 172 valence electrons. The molecule has 2 atom stereocenters. The van der Waals surface area contributed by atoms with Crippen LogP contribution >= 0.6 is 0 Å². The molecule has 2 heterocycles. The maximum absolute atomic E-state index is 13.0. The van der Waals surface area contributed by atoms with E-state index in [0.29, 0.717) is 31.2 Å². The van der Waals surface area contributed by atoms with Crippen LogP contribution in [-0.2, 0) is 9.53 Å². The first-order chi connectivity index (χ1) is 14.5. The van der Waals surface area contributed by atoms with Gasteiger partial charge in [-0.3, -0.25) is 4.79 Å². The summed E-state index contributed by atoms with van der Waals surface area (Å²) in [7, 11) is 0. The minimum Gasteiger partial charge on any atom is -0.476 e. The summed E-state index contributed by atoms with van der Waals surface area (Å²) < 4.78 is 11.5. The lowest BCUT2D eigenvalue weighted by atomic mass is 9.91. The van der Waals surface area contributed by atoms with Gasteiger partial charge in [-0.05, 0) is 79.2 Å². The molecular formula is C24H37N3O4. The summed E-state index contributed by atoms with van der Waals surface area (Å²) >= 11 is 0. The highest BCUT2D eigenvalue weighted by Gasteiger charge is 2.36. The summed E-state index contributed by atoms with van der Waals surface area (Å²) in [5.74, 6) is 1.14. The summed E-state index contributed by atoms with van der Waals surface area (Å²) in [6.45, 7) is 12.2. The molecule has 1 saturated heterocycles. The van der Waals surface area contributed by atoms with Crippen molar-refractivity contribution in [2.45, 2.75) is 90.8 Å². The Morgan fingerprint density at radius 2 is 1.90 bits per heavy atom. The first-order valence-electron chi connectivity index (χ1n) is 11.3. The van der Waals surface area contributed by atoms with Crippen LogP contribution in [0.2, 0.25) is 0 Å². The Kier molecular flexibility index (Phi) is 6.82. The molecule has 3 rings (SSSR count). The van der Waals surface area contributed by atoms with Crippen molar-refractivity contribution in [3.05, 3.63) is 23.9 Å². The van der Waals surface area contributed by atoms with Gasteiger partial charge in [-0.2, -0.15) is 0 Å². The third kappa shape index (κ3) is 6.34. The third-order valence-electron chi connectivity index (χ3n) is 5.84. The predicted molar refractivity (Wildman–Crippen MR) is 119 cm³/mol. The summed E-state index contributed by atoms with van der Waals surface area (Å²) in [6, 6.07) is 4.02. The lowest BCUT2D eigenvalue weighted by molar-refractivity contribution is -0.132. The number of carbonyl (C=O) groups is 2. The molecule has 1 aliphatic heterocycles. The Bertz CT molecular complexity index is 798. The van der Waals surface area contributed by atoms with E-state index in [-0.39, 0.29) is 30.7 Å². The number of pyridine rings is 1. The van der Waals surface area contributed by atoms with Gasteiger partial charge in [0, 0.05) is 30.4 Å². The van der Waals surface area contributed by atoms with Gasteiger partial charge in [-0.25, -0.2) is 9.78 Å². The smallest absolute Gasteiger partial charge is 0.410 e. The van der Waals surface area contributed by atoms with Gasteiger partial charge in [0.25, 0.3) is 0 Å². The molecular weight excluding hydrogens is 394 g/mol. The van der Waals surface area contributed by atoms with Crippen molar-refractivity contribution in [2.75, 3.05) is 13.2 Å².